The smallest absolute Gasteiger partial charge is 0.382 e. The van der Waals surface area contributed by atoms with E-state index in [0.29, 0.717) is 17.2 Å². The molecule has 160 valence electrons. The molecule has 3 aromatic heterocycles. The number of aromatic nitrogens is 4. The number of imidazole rings is 1. The summed E-state index contributed by atoms with van der Waals surface area (Å²) in [6, 6.07) is 3.82. The van der Waals surface area contributed by atoms with Gasteiger partial charge in [0.05, 0.1) is 46.4 Å². The summed E-state index contributed by atoms with van der Waals surface area (Å²) in [5.74, 6) is -1.30. The lowest BCUT2D eigenvalue weighted by molar-refractivity contribution is -0.137. The largest absolute Gasteiger partial charge is 0.417 e. The minimum atomic E-state index is -4.51. The highest BCUT2D eigenvalue weighted by molar-refractivity contribution is 5.98. The van der Waals surface area contributed by atoms with Crippen LogP contribution < -0.4 is 5.73 Å². The number of carbonyl (C=O) groups excluding carboxylic acids is 1. The topological polar surface area (TPSA) is 89.4 Å². The zero-order chi connectivity index (χ0) is 22.5. The number of halogens is 4. The number of amides is 1. The first-order valence-electron chi connectivity index (χ1n) is 9.09. The highest BCUT2D eigenvalue weighted by Crippen LogP contribution is 2.30. The number of benzene rings is 1. The molecule has 0 radical (unpaired) electrons. The van der Waals surface area contributed by atoms with Crippen molar-refractivity contribution in [3.05, 3.63) is 65.6 Å². The second-order valence-corrected chi connectivity index (χ2v) is 7.03. The van der Waals surface area contributed by atoms with Crippen molar-refractivity contribution in [1.82, 2.24) is 24.3 Å². The summed E-state index contributed by atoms with van der Waals surface area (Å²) >= 11 is 0. The number of carbonyl (C=O) groups is 1. The van der Waals surface area contributed by atoms with E-state index in [1.165, 1.54) is 36.6 Å². The Morgan fingerprint density at radius 2 is 1.94 bits per heavy atom. The monoisotopic (exact) mass is 432 g/mol. The average molecular weight is 432 g/mol. The molecular weight excluding hydrogens is 416 g/mol. The van der Waals surface area contributed by atoms with Crippen molar-refractivity contribution in [1.29, 1.82) is 0 Å². The van der Waals surface area contributed by atoms with Gasteiger partial charge in [-0.3, -0.25) is 14.2 Å². The van der Waals surface area contributed by atoms with Crippen molar-refractivity contribution in [2.75, 3.05) is 12.8 Å². The number of hydrogen-bond donors (Lipinski definition) is 1. The number of nitrogen functional groups attached to an aromatic ring is 1. The molecule has 0 saturated heterocycles. The molecule has 31 heavy (non-hydrogen) atoms. The van der Waals surface area contributed by atoms with Gasteiger partial charge in [-0.1, -0.05) is 0 Å². The molecule has 1 aromatic carbocycles. The van der Waals surface area contributed by atoms with Gasteiger partial charge in [0.1, 0.15) is 17.2 Å². The number of pyridine rings is 1. The molecule has 0 aliphatic rings. The van der Waals surface area contributed by atoms with E-state index in [9.17, 15) is 22.4 Å². The predicted molar refractivity (Wildman–Crippen MR) is 105 cm³/mol. The molecule has 4 aromatic rings. The minimum Gasteiger partial charge on any atom is -0.382 e. The first-order chi connectivity index (χ1) is 14.6. The third-order valence-corrected chi connectivity index (χ3v) is 5.14. The Labute approximate surface area is 173 Å². The fourth-order valence-electron chi connectivity index (χ4n) is 3.25. The molecule has 7 nitrogen and oxygen atoms in total. The summed E-state index contributed by atoms with van der Waals surface area (Å²) in [5, 5.41) is 0. The molecule has 1 atom stereocenters. The third kappa shape index (κ3) is 3.51. The Morgan fingerprint density at radius 3 is 2.58 bits per heavy atom. The molecule has 0 aliphatic heterocycles. The van der Waals surface area contributed by atoms with Crippen molar-refractivity contribution in [2.45, 2.75) is 19.1 Å². The van der Waals surface area contributed by atoms with E-state index in [2.05, 4.69) is 15.0 Å². The van der Waals surface area contributed by atoms with E-state index < -0.39 is 29.5 Å². The lowest BCUT2D eigenvalue weighted by Crippen LogP contribution is -2.31. The molecule has 2 N–H and O–H groups in total. The van der Waals surface area contributed by atoms with E-state index in [4.69, 9.17) is 5.73 Å². The fourth-order valence-corrected chi connectivity index (χ4v) is 3.25. The molecule has 1 amide bonds. The van der Waals surface area contributed by atoms with Crippen LogP contribution in [0.4, 0.5) is 23.4 Å². The second-order valence-electron chi connectivity index (χ2n) is 7.03. The normalized spacial score (nSPS) is 13.0. The summed E-state index contributed by atoms with van der Waals surface area (Å²) in [7, 11) is 1.42. The van der Waals surface area contributed by atoms with Gasteiger partial charge in [-0.15, -0.1) is 0 Å². The molecule has 0 fully saturated rings. The van der Waals surface area contributed by atoms with Crippen molar-refractivity contribution in [2.24, 2.45) is 0 Å². The molecule has 0 aliphatic carbocycles. The molecule has 0 spiro atoms. The number of nitrogens with zero attached hydrogens (tertiary/aromatic N) is 5. The molecule has 11 heteroatoms. The van der Waals surface area contributed by atoms with Gasteiger partial charge >= 0.3 is 6.18 Å². The first kappa shape index (κ1) is 20.5. The van der Waals surface area contributed by atoms with E-state index in [1.54, 1.807) is 11.3 Å². The maximum atomic E-state index is 14.7. The molecule has 0 bridgehead atoms. The summed E-state index contributed by atoms with van der Waals surface area (Å²) in [4.78, 5) is 26.2. The van der Waals surface area contributed by atoms with Crippen molar-refractivity contribution in [3.63, 3.8) is 0 Å². The quantitative estimate of drug-likeness (QED) is 0.497. The Bertz CT molecular complexity index is 1300. The Kier molecular flexibility index (Phi) is 4.75. The van der Waals surface area contributed by atoms with Gasteiger partial charge in [0.25, 0.3) is 5.91 Å². The number of anilines is 1. The van der Waals surface area contributed by atoms with Crippen LogP contribution in [0.15, 0.2) is 43.0 Å². The van der Waals surface area contributed by atoms with Gasteiger partial charge in [0.15, 0.2) is 0 Å². The summed E-state index contributed by atoms with van der Waals surface area (Å²) in [6.07, 6.45) is -0.842. The third-order valence-electron chi connectivity index (χ3n) is 5.14. The van der Waals surface area contributed by atoms with Crippen LogP contribution in [0.25, 0.3) is 16.6 Å². The summed E-state index contributed by atoms with van der Waals surface area (Å²) < 4.78 is 54.6. The standard InChI is InChI=1S/C20H16F4N6O/c1-10(14-4-3-11(7-27-14)20(22,23)24)29(2)19(31)12-5-16-15(6-13(12)21)28-18(25)17-8-26-9-30(16)17/h3-10H,1-2H3,(H2,25,28). The number of nitrogens with two attached hydrogens (primary N) is 1. The SMILES string of the molecule is CC(c1ccc(C(F)(F)F)cn1)N(C)C(=O)c1cc2c(cc1F)nc(N)c1cncn12. The van der Waals surface area contributed by atoms with Gasteiger partial charge < -0.3 is 10.6 Å². The predicted octanol–water partition coefficient (Wildman–Crippen LogP) is 3.85. The van der Waals surface area contributed by atoms with Crippen LogP contribution in [0, 0.1) is 5.82 Å². The first-order valence-corrected chi connectivity index (χ1v) is 9.09. The van der Waals surface area contributed by atoms with Crippen molar-refractivity contribution < 1.29 is 22.4 Å². The minimum absolute atomic E-state index is 0.169. The highest BCUT2D eigenvalue weighted by atomic mass is 19.4. The van der Waals surface area contributed by atoms with Gasteiger partial charge in [-0.2, -0.15) is 13.2 Å². The van der Waals surface area contributed by atoms with E-state index in [1.807, 2.05) is 0 Å². The van der Waals surface area contributed by atoms with Crippen LogP contribution in [-0.4, -0.2) is 37.2 Å². The Balaban J connectivity index is 1.69. The fraction of sp³-hybridized carbons (Fsp3) is 0.200. The molecule has 0 saturated carbocycles. The van der Waals surface area contributed by atoms with E-state index in [-0.39, 0.29) is 22.6 Å². The molecule has 3 heterocycles. The maximum absolute atomic E-state index is 14.7. The van der Waals surface area contributed by atoms with E-state index in [0.717, 1.165) is 12.1 Å². The Morgan fingerprint density at radius 1 is 1.19 bits per heavy atom. The van der Waals surface area contributed by atoms with E-state index >= 15 is 0 Å². The van der Waals surface area contributed by atoms with Gasteiger partial charge in [-0.05, 0) is 25.1 Å². The number of hydrogen-bond acceptors (Lipinski definition) is 5. The lowest BCUT2D eigenvalue weighted by atomic mass is 10.1. The van der Waals surface area contributed by atoms with Gasteiger partial charge in [0.2, 0.25) is 0 Å². The molecular formula is C20H16F4N6O. The summed E-state index contributed by atoms with van der Waals surface area (Å²) in [5.41, 5.74) is 6.16. The second kappa shape index (κ2) is 7.18. The number of rotatable bonds is 3. The molecule has 1 unspecified atom stereocenters. The van der Waals surface area contributed by atoms with Crippen LogP contribution >= 0.6 is 0 Å². The van der Waals surface area contributed by atoms with Gasteiger partial charge in [-0.25, -0.2) is 14.4 Å². The van der Waals surface area contributed by atoms with Crippen LogP contribution in [0.3, 0.4) is 0 Å². The Hall–Kier alpha value is -3.76. The average Bonchev–Trinajstić information content (AvgIpc) is 3.22. The van der Waals surface area contributed by atoms with Crippen LogP contribution in [0.5, 0.6) is 0 Å². The maximum Gasteiger partial charge on any atom is 0.417 e. The van der Waals surface area contributed by atoms with Crippen LogP contribution in [0.2, 0.25) is 0 Å². The lowest BCUT2D eigenvalue weighted by Gasteiger charge is -2.25. The highest BCUT2D eigenvalue weighted by Gasteiger charge is 2.31. The molecule has 4 rings (SSSR count). The van der Waals surface area contributed by atoms with Crippen LogP contribution in [0.1, 0.15) is 34.6 Å². The van der Waals surface area contributed by atoms with Crippen molar-refractivity contribution in [3.8, 4) is 0 Å². The summed E-state index contributed by atoms with van der Waals surface area (Å²) in [6.45, 7) is 1.59. The van der Waals surface area contributed by atoms with Crippen molar-refractivity contribution >= 4 is 28.3 Å². The zero-order valence-electron chi connectivity index (χ0n) is 16.4. The number of alkyl halides is 3. The number of fused-ring (bicyclic) bond motifs is 3. The zero-order valence-corrected chi connectivity index (χ0v) is 16.4. The van der Waals surface area contributed by atoms with Gasteiger partial charge in [0, 0.05) is 19.3 Å². The van der Waals surface area contributed by atoms with Crippen LogP contribution in [-0.2, 0) is 6.18 Å².